The van der Waals surface area contributed by atoms with E-state index >= 15 is 0 Å². The molecular weight excluding hydrogens is 1550 g/mol. The van der Waals surface area contributed by atoms with Gasteiger partial charge in [0.25, 0.3) is 5.91 Å². The molecule has 686 valence electrons. The molecule has 10 N–H and O–H groups in total. The molecule has 17 heteroatoms. The van der Waals surface area contributed by atoms with E-state index in [-0.39, 0.29) is 23.3 Å². The Morgan fingerprint density at radius 3 is 0.944 bits per heavy atom. The Bertz CT molecular complexity index is 3940. The second kappa shape index (κ2) is 45.4. The van der Waals surface area contributed by atoms with Crippen molar-refractivity contribution < 1.29 is 9.59 Å². The first-order valence-electron chi connectivity index (χ1n) is 52.8. The first-order valence-corrected chi connectivity index (χ1v) is 52.8. The first kappa shape index (κ1) is 90.5. The summed E-state index contributed by atoms with van der Waals surface area (Å²) in [5.74, 6) is 13.6. The Morgan fingerprint density at radius 1 is 0.278 bits per heavy atom. The normalized spacial score (nSPS) is 31.2. The van der Waals surface area contributed by atoms with Crippen LogP contribution in [0.25, 0.3) is 0 Å². The molecule has 24 rings (SSSR count). The Kier molecular flexibility index (Phi) is 32.6. The van der Waals surface area contributed by atoms with Crippen LogP contribution >= 0.6 is 0 Å². The largest absolute Gasteiger partial charge is 0.354 e. The van der Waals surface area contributed by atoms with Crippen LogP contribution in [0.2, 0.25) is 0 Å². The van der Waals surface area contributed by atoms with E-state index in [1.165, 1.54) is 340 Å². The topological polar surface area (TPSA) is 216 Å². The van der Waals surface area contributed by atoms with Gasteiger partial charge in [-0.15, -0.1) is 0 Å². The predicted molar refractivity (Wildman–Crippen MR) is 522 cm³/mol. The molecule has 0 heterocycles. The molecule has 20 aliphatic rings. The summed E-state index contributed by atoms with van der Waals surface area (Å²) in [4.78, 5) is 50.5. The highest BCUT2D eigenvalue weighted by Crippen LogP contribution is 2.60. The minimum atomic E-state index is -0.0755. The summed E-state index contributed by atoms with van der Waals surface area (Å²) in [7, 11) is 0. The monoisotopic (exact) mass is 1710 g/mol. The Balaban J connectivity index is 0.000000113. The zero-order valence-corrected chi connectivity index (χ0v) is 77.4. The highest BCUT2D eigenvalue weighted by molar-refractivity contribution is 6.06. The SMILES string of the molecule is C1C2CC3CC1CC(N=C(NC14CC5CC(CC(C5)C1)C4)NC14CC5CC(CC(C5)C1)C4)(C2)C3.C1CCC(N=C(NC2CCCCC2)NC2CCCCC2)CC1.O=C(NC(=NC1CCCCC1)NC1CCCCC1)c1ccccc1.O=C(NC(=Nc1ccccc1)Nc1ccccc1)C1CCCCC1.c1ccc(NC(=NC2CCCCC2)NC2CCCCC2)cc1. The molecule has 0 aliphatic heterocycles. The fourth-order valence-corrected chi connectivity index (χ4v) is 28.2. The van der Waals surface area contributed by atoms with E-state index in [2.05, 4.69) is 88.5 Å². The van der Waals surface area contributed by atoms with Crippen LogP contribution in [0, 0.1) is 59.2 Å². The maximum atomic E-state index is 12.6. The number of hydrogen-bond acceptors (Lipinski definition) is 7. The number of benzene rings is 4. The van der Waals surface area contributed by atoms with Gasteiger partial charge in [-0.2, -0.15) is 0 Å². The van der Waals surface area contributed by atoms with Crippen LogP contribution in [-0.4, -0.2) is 101 Å². The standard InChI is InChI=1S/C31H47N3.C20H29N3O.C20H23N3O.C19H35N3.C19H29N3/c1-19-2-21-3-20(1)11-29(10-19,12-21)32-28(33-30-13-22-4-23(14-30)6-24(5-22)15-30)34-31-16-25-7-26(17-31)9-27(8-25)18-31;2*24-19(16-10-4-1-5-11-16)23-20(21-17-12-6-2-7-13-17)22-18-14-8-3-9-15-18;2*1-4-10-16(11-5-1)20-19(21-17-12-6-2-7-13-17)22-18-14-8-3-9-15-18/h19-27H,1-18H2,(H2,32,33,34);1,4-5,10-11,17-18H,2-3,6-9,12-15H2,(H2,21,22,23,24);2-3,6-9,12-16H,1,4-5,10-11H2,(H2,21,22,23,24);16-18H,1-15H2,(H2,20,21,22);1,4-5,10-11,17-18H,2-3,6-9,12-15H2,(H2,20,21,22). The highest BCUT2D eigenvalue weighted by Gasteiger charge is 2.56. The lowest BCUT2D eigenvalue weighted by molar-refractivity contribution is -0.124. The zero-order valence-electron chi connectivity index (χ0n) is 77.4. The molecule has 0 aromatic heterocycles. The smallest absolute Gasteiger partial charge is 0.257 e. The molecule has 126 heavy (non-hydrogen) atoms. The van der Waals surface area contributed by atoms with Crippen LogP contribution in [0.1, 0.15) is 383 Å². The maximum absolute atomic E-state index is 12.6. The number of amides is 2. The molecule has 4 aromatic carbocycles. The van der Waals surface area contributed by atoms with E-state index < -0.39 is 0 Å². The number of anilines is 2. The molecule has 20 aliphatic carbocycles. The molecular formula is C109H163N15O2. The molecule has 2 amide bonds. The van der Waals surface area contributed by atoms with Crippen LogP contribution in [0.3, 0.4) is 0 Å². The van der Waals surface area contributed by atoms with Crippen LogP contribution in [-0.2, 0) is 4.79 Å². The number of carbonyl (C=O) groups excluding carboxylic acids is 2. The van der Waals surface area contributed by atoms with Crippen LogP contribution in [0.5, 0.6) is 0 Å². The summed E-state index contributed by atoms with van der Waals surface area (Å²) in [6.45, 7) is 0. The second-order valence-electron chi connectivity index (χ2n) is 43.9. The van der Waals surface area contributed by atoms with Gasteiger partial charge in [0.15, 0.2) is 23.8 Å². The van der Waals surface area contributed by atoms with Gasteiger partial charge in [-0.05, 0) is 320 Å². The van der Waals surface area contributed by atoms with Crippen molar-refractivity contribution in [2.45, 2.75) is 431 Å². The van der Waals surface area contributed by atoms with Gasteiger partial charge in [0.1, 0.15) is 0 Å². The molecule has 0 unspecified atom stereocenters. The first-order chi connectivity index (χ1) is 61.9. The summed E-state index contributed by atoms with van der Waals surface area (Å²) >= 11 is 0. The summed E-state index contributed by atoms with van der Waals surface area (Å²) in [5, 5.41) is 36.2. The summed E-state index contributed by atoms with van der Waals surface area (Å²) in [6.07, 6.45) is 77.9. The minimum Gasteiger partial charge on any atom is -0.354 e. The molecule has 12 bridgehead atoms. The van der Waals surface area contributed by atoms with Crippen molar-refractivity contribution >= 4 is 58.7 Å². The van der Waals surface area contributed by atoms with E-state index in [0.717, 1.165) is 121 Å². The van der Waals surface area contributed by atoms with E-state index in [1.54, 1.807) is 0 Å². The number of nitrogens with zero attached hydrogens (tertiary/aromatic N) is 5. The van der Waals surface area contributed by atoms with Crippen molar-refractivity contribution in [2.24, 2.45) is 84.1 Å². The number of aliphatic imine (C=N–C) groups is 5. The van der Waals surface area contributed by atoms with Gasteiger partial charge >= 0.3 is 0 Å². The van der Waals surface area contributed by atoms with Crippen molar-refractivity contribution in [3.63, 3.8) is 0 Å². The van der Waals surface area contributed by atoms with Crippen molar-refractivity contribution in [2.75, 3.05) is 10.6 Å². The third kappa shape index (κ3) is 26.9. The number of guanidine groups is 5. The van der Waals surface area contributed by atoms with Gasteiger partial charge < -0.3 is 42.5 Å². The van der Waals surface area contributed by atoms with E-state index in [1.807, 2.05) is 91.0 Å². The average Bonchev–Trinajstić information content (AvgIpc) is 0.738. The fraction of sp³-hybridized carbons (Fsp3) is 0.716. The second-order valence-corrected chi connectivity index (χ2v) is 43.9. The summed E-state index contributed by atoms with van der Waals surface area (Å²) < 4.78 is 0. The Morgan fingerprint density at radius 2 is 0.571 bits per heavy atom. The predicted octanol–water partition coefficient (Wildman–Crippen LogP) is 24.2. The molecule has 0 atom stereocenters. The lowest BCUT2D eigenvalue weighted by Gasteiger charge is -2.60. The number of carbonyl (C=O) groups is 2. The third-order valence-corrected chi connectivity index (χ3v) is 33.2. The molecule has 17 nitrogen and oxygen atoms in total. The maximum Gasteiger partial charge on any atom is 0.257 e. The summed E-state index contributed by atoms with van der Waals surface area (Å²) in [5.41, 5.74) is 4.51. The fourth-order valence-electron chi connectivity index (χ4n) is 28.2. The quantitative estimate of drug-likeness (QED) is 0.0401. The van der Waals surface area contributed by atoms with Crippen LogP contribution in [0.15, 0.2) is 146 Å². The number of rotatable bonds is 15. The number of hydrogen-bond donors (Lipinski definition) is 10. The molecule has 0 saturated heterocycles. The van der Waals surface area contributed by atoms with Gasteiger partial charge in [-0.25, -0.2) is 25.0 Å². The van der Waals surface area contributed by atoms with Crippen molar-refractivity contribution in [3.8, 4) is 0 Å². The number of nitrogens with one attached hydrogen (secondary N) is 10. The Hall–Kier alpha value is -7.43. The third-order valence-electron chi connectivity index (χ3n) is 33.2. The highest BCUT2D eigenvalue weighted by atomic mass is 16.2. The van der Waals surface area contributed by atoms with Crippen LogP contribution in [0.4, 0.5) is 17.1 Å². The van der Waals surface area contributed by atoms with Gasteiger partial charge in [0.2, 0.25) is 11.9 Å². The van der Waals surface area contributed by atoms with Crippen LogP contribution < -0.4 is 53.2 Å². The number of para-hydroxylation sites is 3. The average molecular weight is 1720 g/mol. The molecule has 20 fully saturated rings. The van der Waals surface area contributed by atoms with E-state index in [9.17, 15) is 9.59 Å². The van der Waals surface area contributed by atoms with E-state index in [0.29, 0.717) is 70.9 Å². The van der Waals surface area contributed by atoms with Gasteiger partial charge in [0.05, 0.1) is 29.4 Å². The van der Waals surface area contributed by atoms with Gasteiger partial charge in [-0.1, -0.05) is 227 Å². The molecule has 0 spiro atoms. The van der Waals surface area contributed by atoms with Gasteiger partial charge in [0, 0.05) is 58.1 Å². The molecule has 0 radical (unpaired) electrons. The van der Waals surface area contributed by atoms with E-state index in [4.69, 9.17) is 20.0 Å². The molecule has 4 aromatic rings. The minimum absolute atomic E-state index is 0.0628. The van der Waals surface area contributed by atoms with Crippen molar-refractivity contribution in [1.82, 2.24) is 42.5 Å². The zero-order chi connectivity index (χ0) is 85.4. The summed E-state index contributed by atoms with van der Waals surface area (Å²) in [6, 6.07) is 43.0. The lowest BCUT2D eigenvalue weighted by Crippen LogP contribution is -2.67. The van der Waals surface area contributed by atoms with Gasteiger partial charge in [-0.3, -0.25) is 20.2 Å². The molecule has 20 saturated carbocycles. The van der Waals surface area contributed by atoms with Crippen molar-refractivity contribution in [3.05, 3.63) is 127 Å². The Labute approximate surface area is 759 Å². The van der Waals surface area contributed by atoms with Crippen molar-refractivity contribution in [1.29, 1.82) is 0 Å². The lowest BCUT2D eigenvalue weighted by atomic mass is 9.52.